The minimum atomic E-state index is -0.0150. The first kappa shape index (κ1) is 8.56. The minimum absolute atomic E-state index is 0.0150. The highest BCUT2D eigenvalue weighted by Gasteiger charge is 2.11. The van der Waals surface area contributed by atoms with Crippen LogP contribution in [0.5, 0.6) is 5.75 Å². The highest BCUT2D eigenvalue weighted by atomic mass is 35.5. The monoisotopic (exact) mass is 190 g/mol. The zero-order chi connectivity index (χ0) is 8.43. The van der Waals surface area contributed by atoms with E-state index >= 15 is 0 Å². The second-order valence-corrected chi connectivity index (χ2v) is 3.69. The van der Waals surface area contributed by atoms with E-state index in [9.17, 15) is 4.79 Å². The Morgan fingerprint density at radius 2 is 2.36 bits per heavy atom. The molecule has 0 unspecified atom stereocenters. The third-order valence-corrected chi connectivity index (χ3v) is 2.55. The first-order chi connectivity index (χ1) is 5.15. The fraction of sp³-hybridized carbons (Fsp3) is 0.286. The van der Waals surface area contributed by atoms with Crippen molar-refractivity contribution in [3.8, 4) is 5.75 Å². The number of Topliss-reactive ketones (excluding diaryl/α,β-unsaturated/α-hetero) is 1. The molecule has 60 valence electrons. The summed E-state index contributed by atoms with van der Waals surface area (Å²) in [5.41, 5.74) is 0. The molecule has 0 saturated heterocycles. The van der Waals surface area contributed by atoms with Gasteiger partial charge in [0.05, 0.1) is 11.4 Å². The number of ketones is 1. The summed E-state index contributed by atoms with van der Waals surface area (Å²) in [5.74, 6) is 0.547. The summed E-state index contributed by atoms with van der Waals surface area (Å²) in [6.45, 7) is 1.49. The second-order valence-electron chi connectivity index (χ2n) is 2.00. The van der Waals surface area contributed by atoms with Gasteiger partial charge in [-0.3, -0.25) is 4.79 Å². The fourth-order valence-corrected chi connectivity index (χ4v) is 1.82. The van der Waals surface area contributed by atoms with E-state index < -0.39 is 0 Å². The maximum atomic E-state index is 10.9. The van der Waals surface area contributed by atoms with Crippen molar-refractivity contribution in [2.24, 2.45) is 0 Å². The SMILES string of the molecule is COc1cc(Cl)sc1C(C)=O. The van der Waals surface area contributed by atoms with E-state index in [0.29, 0.717) is 15.0 Å². The van der Waals surface area contributed by atoms with E-state index in [0.717, 1.165) is 0 Å². The van der Waals surface area contributed by atoms with Gasteiger partial charge >= 0.3 is 0 Å². The molecule has 0 aliphatic heterocycles. The zero-order valence-electron chi connectivity index (χ0n) is 6.18. The molecule has 4 heteroatoms. The molecule has 1 aromatic rings. The van der Waals surface area contributed by atoms with Crippen LogP contribution in [0.15, 0.2) is 6.07 Å². The van der Waals surface area contributed by atoms with Gasteiger partial charge in [0.15, 0.2) is 5.78 Å². The average molecular weight is 191 g/mol. The molecule has 0 bridgehead atoms. The van der Waals surface area contributed by atoms with Crippen LogP contribution >= 0.6 is 22.9 Å². The summed E-state index contributed by atoms with van der Waals surface area (Å²) in [4.78, 5) is 11.5. The van der Waals surface area contributed by atoms with Crippen LogP contribution in [0.1, 0.15) is 16.6 Å². The Morgan fingerprint density at radius 3 is 2.73 bits per heavy atom. The summed E-state index contributed by atoms with van der Waals surface area (Å²) in [5, 5.41) is 0. The lowest BCUT2D eigenvalue weighted by Gasteiger charge is -1.95. The number of ether oxygens (including phenoxy) is 1. The molecule has 0 radical (unpaired) electrons. The molecule has 1 heterocycles. The molecular weight excluding hydrogens is 184 g/mol. The number of carbonyl (C=O) groups is 1. The van der Waals surface area contributed by atoms with Gasteiger partial charge in [0.25, 0.3) is 0 Å². The van der Waals surface area contributed by atoms with Gasteiger partial charge in [0.2, 0.25) is 0 Å². The molecule has 11 heavy (non-hydrogen) atoms. The molecule has 0 spiro atoms. The lowest BCUT2D eigenvalue weighted by molar-refractivity contribution is 0.101. The fourth-order valence-electron chi connectivity index (χ4n) is 0.743. The zero-order valence-corrected chi connectivity index (χ0v) is 7.75. The number of methoxy groups -OCH3 is 1. The van der Waals surface area contributed by atoms with E-state index in [1.54, 1.807) is 6.07 Å². The Balaban J connectivity index is 3.12. The first-order valence-electron chi connectivity index (χ1n) is 2.99. The van der Waals surface area contributed by atoms with Gasteiger partial charge in [-0.05, 0) is 0 Å². The van der Waals surface area contributed by atoms with Crippen LogP contribution in [0.25, 0.3) is 0 Å². The van der Waals surface area contributed by atoms with E-state index in [-0.39, 0.29) is 5.78 Å². The van der Waals surface area contributed by atoms with Crippen LogP contribution in [0.2, 0.25) is 4.34 Å². The summed E-state index contributed by atoms with van der Waals surface area (Å²) >= 11 is 6.91. The van der Waals surface area contributed by atoms with E-state index in [4.69, 9.17) is 16.3 Å². The van der Waals surface area contributed by atoms with Crippen molar-refractivity contribution in [2.75, 3.05) is 7.11 Å². The third kappa shape index (κ3) is 1.73. The molecule has 1 aromatic heterocycles. The van der Waals surface area contributed by atoms with Crippen molar-refractivity contribution in [1.29, 1.82) is 0 Å². The minimum Gasteiger partial charge on any atom is -0.495 e. The van der Waals surface area contributed by atoms with Gasteiger partial charge in [-0.2, -0.15) is 0 Å². The van der Waals surface area contributed by atoms with Crippen LogP contribution in [0, 0.1) is 0 Å². The van der Waals surface area contributed by atoms with Crippen molar-refractivity contribution in [3.05, 3.63) is 15.3 Å². The molecule has 0 atom stereocenters. The lowest BCUT2D eigenvalue weighted by atomic mass is 10.3. The molecule has 0 fully saturated rings. The third-order valence-electron chi connectivity index (χ3n) is 1.21. The smallest absolute Gasteiger partial charge is 0.173 e. The van der Waals surface area contributed by atoms with Crippen molar-refractivity contribution in [3.63, 3.8) is 0 Å². The van der Waals surface area contributed by atoms with Crippen LogP contribution in [-0.2, 0) is 0 Å². The molecule has 0 N–H and O–H groups in total. The number of thiophene rings is 1. The molecule has 1 rings (SSSR count). The maximum absolute atomic E-state index is 10.9. The number of halogens is 1. The van der Waals surface area contributed by atoms with E-state index in [1.165, 1.54) is 25.4 Å². The Bertz CT molecular complexity index is 280. The summed E-state index contributed by atoms with van der Waals surface area (Å²) < 4.78 is 5.51. The molecule has 0 aliphatic rings. The standard InChI is InChI=1S/C7H7ClO2S/c1-4(9)7-5(10-2)3-6(8)11-7/h3H,1-2H3. The van der Waals surface area contributed by atoms with Crippen molar-refractivity contribution >= 4 is 28.7 Å². The van der Waals surface area contributed by atoms with Gasteiger partial charge in [0, 0.05) is 13.0 Å². The van der Waals surface area contributed by atoms with Gasteiger partial charge in [-0.25, -0.2) is 0 Å². The van der Waals surface area contributed by atoms with Gasteiger partial charge in [-0.1, -0.05) is 11.6 Å². The van der Waals surface area contributed by atoms with Gasteiger partial charge in [-0.15, -0.1) is 11.3 Å². The van der Waals surface area contributed by atoms with Gasteiger partial charge < -0.3 is 4.74 Å². The first-order valence-corrected chi connectivity index (χ1v) is 4.19. The molecule has 0 saturated carbocycles. The largest absolute Gasteiger partial charge is 0.495 e. The average Bonchev–Trinajstić information content (AvgIpc) is 2.30. The molecule has 2 nitrogen and oxygen atoms in total. The topological polar surface area (TPSA) is 26.3 Å². The van der Waals surface area contributed by atoms with Crippen LogP contribution in [0.3, 0.4) is 0 Å². The second kappa shape index (κ2) is 3.24. The lowest BCUT2D eigenvalue weighted by Crippen LogP contribution is -1.90. The van der Waals surface area contributed by atoms with Crippen molar-refractivity contribution in [1.82, 2.24) is 0 Å². The van der Waals surface area contributed by atoms with Crippen LogP contribution in [0.4, 0.5) is 0 Å². The number of hydrogen-bond donors (Lipinski definition) is 0. The Morgan fingerprint density at radius 1 is 1.73 bits per heavy atom. The summed E-state index contributed by atoms with van der Waals surface area (Å²) in [6.07, 6.45) is 0. The number of carbonyl (C=O) groups excluding carboxylic acids is 1. The predicted molar refractivity (Wildman–Crippen MR) is 45.9 cm³/mol. The van der Waals surface area contributed by atoms with Gasteiger partial charge in [0.1, 0.15) is 10.6 Å². The highest BCUT2D eigenvalue weighted by Crippen LogP contribution is 2.32. The predicted octanol–water partition coefficient (Wildman–Crippen LogP) is 2.61. The Kier molecular flexibility index (Phi) is 2.52. The Labute approximate surface area is 73.7 Å². The molecule has 0 aromatic carbocycles. The van der Waals surface area contributed by atoms with E-state index in [2.05, 4.69) is 0 Å². The van der Waals surface area contributed by atoms with Crippen molar-refractivity contribution in [2.45, 2.75) is 6.92 Å². The normalized spacial score (nSPS) is 9.73. The molecular formula is C7H7ClO2S. The summed E-state index contributed by atoms with van der Waals surface area (Å²) in [6, 6.07) is 1.64. The van der Waals surface area contributed by atoms with Crippen LogP contribution in [-0.4, -0.2) is 12.9 Å². The van der Waals surface area contributed by atoms with Crippen LogP contribution < -0.4 is 4.74 Å². The summed E-state index contributed by atoms with van der Waals surface area (Å²) in [7, 11) is 1.52. The molecule has 0 aliphatic carbocycles. The van der Waals surface area contributed by atoms with Crippen molar-refractivity contribution < 1.29 is 9.53 Å². The van der Waals surface area contributed by atoms with E-state index in [1.807, 2.05) is 0 Å². The molecule has 0 amide bonds. The number of rotatable bonds is 2. The highest BCUT2D eigenvalue weighted by molar-refractivity contribution is 7.18. The maximum Gasteiger partial charge on any atom is 0.173 e. The Hall–Kier alpha value is -0.540. The number of hydrogen-bond acceptors (Lipinski definition) is 3. The quantitative estimate of drug-likeness (QED) is 0.671.